The lowest BCUT2D eigenvalue weighted by Gasteiger charge is -2.28. The molecule has 8 heteroatoms. The molecule has 1 aromatic carbocycles. The molecule has 0 bridgehead atoms. The van der Waals surface area contributed by atoms with Crippen LogP contribution in [0.2, 0.25) is 0 Å². The summed E-state index contributed by atoms with van der Waals surface area (Å²) in [5.74, 6) is -0.341. The van der Waals surface area contributed by atoms with Crippen LogP contribution in [0.15, 0.2) is 24.3 Å². The van der Waals surface area contributed by atoms with Crippen LogP contribution >= 0.6 is 12.4 Å². The minimum atomic E-state index is -4.70. The maximum absolute atomic E-state index is 12.1. The van der Waals surface area contributed by atoms with Crippen LogP contribution < -0.4 is 15.8 Å². The molecular formula is C16H22ClF3N2O2. The quantitative estimate of drug-likeness (QED) is 0.811. The topological polar surface area (TPSA) is 64.3 Å². The van der Waals surface area contributed by atoms with E-state index in [-0.39, 0.29) is 36.0 Å². The molecule has 1 aliphatic carbocycles. The van der Waals surface area contributed by atoms with Crippen molar-refractivity contribution in [3.63, 3.8) is 0 Å². The number of hydrogen-bond acceptors (Lipinski definition) is 3. The van der Waals surface area contributed by atoms with Gasteiger partial charge in [-0.2, -0.15) is 0 Å². The smallest absolute Gasteiger partial charge is 0.406 e. The molecule has 3 N–H and O–H groups in total. The van der Waals surface area contributed by atoms with Gasteiger partial charge in [0.15, 0.2) is 0 Å². The van der Waals surface area contributed by atoms with Crippen molar-refractivity contribution in [2.24, 2.45) is 5.73 Å². The van der Waals surface area contributed by atoms with Crippen LogP contribution in [0, 0.1) is 0 Å². The van der Waals surface area contributed by atoms with Crippen molar-refractivity contribution in [1.82, 2.24) is 5.32 Å². The van der Waals surface area contributed by atoms with Gasteiger partial charge < -0.3 is 15.8 Å². The van der Waals surface area contributed by atoms with Gasteiger partial charge >= 0.3 is 6.36 Å². The standard InChI is InChI=1S/C16H21F3N2O2.ClH/c17-16(18,19)23-13-6-3-12(4-7-13)5-8-14(22)21-15(11-20)9-1-2-10-15;/h3-4,6-7H,1-2,5,8-11,20H2,(H,21,22);1H. The molecule has 1 saturated carbocycles. The van der Waals surface area contributed by atoms with Gasteiger partial charge in [0.2, 0.25) is 5.91 Å². The Morgan fingerprint density at radius 3 is 2.29 bits per heavy atom. The van der Waals surface area contributed by atoms with E-state index in [2.05, 4.69) is 10.1 Å². The maximum atomic E-state index is 12.1. The molecule has 0 spiro atoms. The van der Waals surface area contributed by atoms with Gasteiger partial charge in [0.05, 0.1) is 5.54 Å². The zero-order valence-corrected chi connectivity index (χ0v) is 14.0. The molecular weight excluding hydrogens is 345 g/mol. The van der Waals surface area contributed by atoms with Gasteiger partial charge in [-0.25, -0.2) is 0 Å². The van der Waals surface area contributed by atoms with Crippen LogP contribution in [0.5, 0.6) is 5.75 Å². The van der Waals surface area contributed by atoms with E-state index < -0.39 is 6.36 Å². The molecule has 1 fully saturated rings. The first-order chi connectivity index (χ1) is 10.8. The van der Waals surface area contributed by atoms with Crippen LogP contribution in [0.4, 0.5) is 13.2 Å². The van der Waals surface area contributed by atoms with E-state index in [1.54, 1.807) is 0 Å². The summed E-state index contributed by atoms with van der Waals surface area (Å²) in [7, 11) is 0. The molecule has 0 aliphatic heterocycles. The molecule has 24 heavy (non-hydrogen) atoms. The Kier molecular flexibility index (Phi) is 7.35. The molecule has 1 aromatic rings. The Labute approximate surface area is 145 Å². The third-order valence-electron chi connectivity index (χ3n) is 4.15. The molecule has 0 radical (unpaired) electrons. The zero-order valence-electron chi connectivity index (χ0n) is 13.2. The maximum Gasteiger partial charge on any atom is 0.573 e. The summed E-state index contributed by atoms with van der Waals surface area (Å²) in [4.78, 5) is 12.1. The first-order valence-corrected chi connectivity index (χ1v) is 7.68. The molecule has 1 aliphatic rings. The number of rotatable bonds is 6. The first-order valence-electron chi connectivity index (χ1n) is 7.68. The molecule has 1 amide bonds. The number of ether oxygens (including phenoxy) is 1. The normalized spacial score (nSPS) is 16.3. The third-order valence-corrected chi connectivity index (χ3v) is 4.15. The lowest BCUT2D eigenvalue weighted by Crippen LogP contribution is -2.51. The van der Waals surface area contributed by atoms with E-state index >= 15 is 0 Å². The van der Waals surface area contributed by atoms with E-state index in [9.17, 15) is 18.0 Å². The van der Waals surface area contributed by atoms with E-state index in [1.165, 1.54) is 24.3 Å². The minimum Gasteiger partial charge on any atom is -0.406 e. The fraction of sp³-hybridized carbons (Fsp3) is 0.562. The summed E-state index contributed by atoms with van der Waals surface area (Å²) in [6, 6.07) is 5.56. The Morgan fingerprint density at radius 1 is 1.21 bits per heavy atom. The molecule has 0 unspecified atom stereocenters. The zero-order chi connectivity index (χ0) is 16.9. The monoisotopic (exact) mass is 366 g/mol. The summed E-state index contributed by atoms with van der Waals surface area (Å²) in [5.41, 5.74) is 6.28. The predicted octanol–water partition coefficient (Wildman–Crippen LogP) is 3.33. The number of nitrogens with two attached hydrogens (primary N) is 1. The van der Waals surface area contributed by atoms with Crippen LogP contribution in [-0.2, 0) is 11.2 Å². The van der Waals surface area contributed by atoms with Crippen molar-refractivity contribution >= 4 is 18.3 Å². The fourth-order valence-corrected chi connectivity index (χ4v) is 2.91. The van der Waals surface area contributed by atoms with Crippen molar-refractivity contribution in [3.8, 4) is 5.75 Å². The molecule has 2 rings (SSSR count). The van der Waals surface area contributed by atoms with Crippen molar-refractivity contribution in [1.29, 1.82) is 0 Å². The second-order valence-electron chi connectivity index (χ2n) is 5.93. The second kappa shape index (κ2) is 8.58. The van der Waals surface area contributed by atoms with Gasteiger partial charge in [-0.15, -0.1) is 25.6 Å². The van der Waals surface area contributed by atoms with Crippen LogP contribution in [0.3, 0.4) is 0 Å². The highest BCUT2D eigenvalue weighted by Crippen LogP contribution is 2.28. The molecule has 0 aromatic heterocycles. The van der Waals surface area contributed by atoms with Gasteiger partial charge in [-0.3, -0.25) is 4.79 Å². The number of benzene rings is 1. The number of carbonyl (C=O) groups is 1. The Hall–Kier alpha value is -1.47. The highest BCUT2D eigenvalue weighted by Gasteiger charge is 2.33. The lowest BCUT2D eigenvalue weighted by molar-refractivity contribution is -0.274. The van der Waals surface area contributed by atoms with Gasteiger partial charge in [0, 0.05) is 13.0 Å². The number of aryl methyl sites for hydroxylation is 1. The summed E-state index contributed by atoms with van der Waals surface area (Å²) >= 11 is 0. The highest BCUT2D eigenvalue weighted by molar-refractivity contribution is 5.85. The average Bonchev–Trinajstić information content (AvgIpc) is 2.94. The molecule has 0 heterocycles. The third kappa shape index (κ3) is 6.20. The summed E-state index contributed by atoms with van der Waals surface area (Å²) in [5, 5.41) is 3.02. The Balaban J connectivity index is 0.00000288. The highest BCUT2D eigenvalue weighted by atomic mass is 35.5. The fourth-order valence-electron chi connectivity index (χ4n) is 2.91. The minimum absolute atomic E-state index is 0. The van der Waals surface area contributed by atoms with E-state index in [0.29, 0.717) is 13.0 Å². The Bertz CT molecular complexity index is 529. The number of halogens is 4. The number of nitrogens with one attached hydrogen (secondary N) is 1. The molecule has 136 valence electrons. The van der Waals surface area contributed by atoms with Crippen LogP contribution in [0.1, 0.15) is 37.7 Å². The van der Waals surface area contributed by atoms with Crippen molar-refractivity contribution in [2.45, 2.75) is 50.4 Å². The van der Waals surface area contributed by atoms with Gasteiger partial charge in [-0.1, -0.05) is 25.0 Å². The summed E-state index contributed by atoms with van der Waals surface area (Å²) < 4.78 is 40.0. The van der Waals surface area contributed by atoms with Crippen LogP contribution in [0.25, 0.3) is 0 Å². The van der Waals surface area contributed by atoms with Gasteiger partial charge in [-0.05, 0) is 37.0 Å². The predicted molar refractivity (Wildman–Crippen MR) is 87.1 cm³/mol. The average molecular weight is 367 g/mol. The largest absolute Gasteiger partial charge is 0.573 e. The second-order valence-corrected chi connectivity index (χ2v) is 5.93. The van der Waals surface area contributed by atoms with Crippen LogP contribution in [-0.4, -0.2) is 24.4 Å². The summed E-state index contributed by atoms with van der Waals surface area (Å²) in [6.45, 7) is 0.433. The van der Waals surface area contributed by atoms with Crippen molar-refractivity contribution in [2.75, 3.05) is 6.54 Å². The lowest BCUT2D eigenvalue weighted by atomic mass is 9.97. The molecule has 0 saturated heterocycles. The van der Waals surface area contributed by atoms with Gasteiger partial charge in [0.25, 0.3) is 0 Å². The number of carbonyl (C=O) groups excluding carboxylic acids is 1. The Morgan fingerprint density at radius 2 is 1.79 bits per heavy atom. The van der Waals surface area contributed by atoms with E-state index in [4.69, 9.17) is 5.73 Å². The van der Waals surface area contributed by atoms with Gasteiger partial charge in [0.1, 0.15) is 5.75 Å². The first kappa shape index (κ1) is 20.6. The number of hydrogen-bond donors (Lipinski definition) is 2. The van der Waals surface area contributed by atoms with Crippen molar-refractivity contribution in [3.05, 3.63) is 29.8 Å². The van der Waals surface area contributed by atoms with Crippen molar-refractivity contribution < 1.29 is 22.7 Å². The van der Waals surface area contributed by atoms with E-state index in [1.807, 2.05) is 0 Å². The molecule has 4 nitrogen and oxygen atoms in total. The summed E-state index contributed by atoms with van der Waals surface area (Å²) in [6.07, 6.45) is -0.0209. The number of amides is 1. The molecule has 0 atom stereocenters. The SMILES string of the molecule is Cl.NCC1(NC(=O)CCc2ccc(OC(F)(F)F)cc2)CCCC1. The van der Waals surface area contributed by atoms with E-state index in [0.717, 1.165) is 31.2 Å². The number of alkyl halides is 3.